The molecule has 29 heavy (non-hydrogen) atoms. The van der Waals surface area contributed by atoms with Gasteiger partial charge >= 0.3 is 0 Å². The first kappa shape index (κ1) is 20.9. The van der Waals surface area contributed by atoms with Crippen LogP contribution >= 0.6 is 11.8 Å². The maximum absolute atomic E-state index is 12.4. The third-order valence-electron chi connectivity index (χ3n) is 4.10. The molecule has 0 atom stereocenters. The number of hydrogen-bond acceptors (Lipinski definition) is 7. The summed E-state index contributed by atoms with van der Waals surface area (Å²) in [6, 6.07) is 7.68. The topological polar surface area (TPSA) is 96.1 Å². The Bertz CT molecular complexity index is 984. The molecule has 154 valence electrons. The van der Waals surface area contributed by atoms with Crippen LogP contribution in [-0.4, -0.2) is 57.0 Å². The van der Waals surface area contributed by atoms with Gasteiger partial charge in [0.15, 0.2) is 11.0 Å². The predicted molar refractivity (Wildman–Crippen MR) is 111 cm³/mol. The lowest BCUT2D eigenvalue weighted by Gasteiger charge is -2.10. The summed E-state index contributed by atoms with van der Waals surface area (Å²) in [5, 5.41) is 16.4. The van der Waals surface area contributed by atoms with Gasteiger partial charge in [0.1, 0.15) is 5.56 Å². The average Bonchev–Trinajstić information content (AvgIpc) is 3.27. The van der Waals surface area contributed by atoms with E-state index in [-0.39, 0.29) is 11.7 Å². The summed E-state index contributed by atoms with van der Waals surface area (Å²) in [5.74, 6) is 1.19. The molecule has 1 amide bonds. The smallest absolute Gasteiger partial charge is 0.243 e. The maximum atomic E-state index is 12.4. The molecule has 0 saturated heterocycles. The van der Waals surface area contributed by atoms with E-state index in [9.17, 15) is 4.79 Å². The van der Waals surface area contributed by atoms with Gasteiger partial charge in [-0.05, 0) is 24.6 Å². The van der Waals surface area contributed by atoms with E-state index in [4.69, 9.17) is 9.47 Å². The quantitative estimate of drug-likeness (QED) is 0.535. The molecule has 3 aromatic rings. The van der Waals surface area contributed by atoms with Crippen LogP contribution in [0.2, 0.25) is 0 Å². The minimum Gasteiger partial charge on any atom is -0.479 e. The van der Waals surface area contributed by atoms with Gasteiger partial charge in [-0.15, -0.1) is 15.3 Å². The van der Waals surface area contributed by atoms with Crippen molar-refractivity contribution in [3.63, 3.8) is 0 Å². The fraction of sp³-hybridized carbons (Fsp3) is 0.368. The minimum atomic E-state index is -0.109. The van der Waals surface area contributed by atoms with Crippen LogP contribution in [0.25, 0.3) is 11.4 Å². The fourth-order valence-corrected chi connectivity index (χ4v) is 3.57. The Labute approximate surface area is 173 Å². The number of methoxy groups -OCH3 is 2. The zero-order valence-electron chi connectivity index (χ0n) is 16.9. The normalized spacial score (nSPS) is 10.9. The monoisotopic (exact) mass is 416 g/mol. The summed E-state index contributed by atoms with van der Waals surface area (Å²) < 4.78 is 14.1. The maximum Gasteiger partial charge on any atom is 0.243 e. The number of ether oxygens (including phenoxy) is 2. The van der Waals surface area contributed by atoms with Crippen LogP contribution in [0, 0.1) is 6.92 Å². The van der Waals surface area contributed by atoms with E-state index in [1.54, 1.807) is 18.9 Å². The zero-order valence-corrected chi connectivity index (χ0v) is 17.7. The second kappa shape index (κ2) is 9.57. The number of anilines is 1. The number of aromatic nitrogens is 5. The van der Waals surface area contributed by atoms with Gasteiger partial charge in [0.2, 0.25) is 11.8 Å². The van der Waals surface area contributed by atoms with Crippen molar-refractivity contribution in [2.24, 2.45) is 7.05 Å². The van der Waals surface area contributed by atoms with Crippen LogP contribution in [0.1, 0.15) is 5.56 Å². The first-order valence-corrected chi connectivity index (χ1v) is 10.00. The average molecular weight is 417 g/mol. The van der Waals surface area contributed by atoms with Crippen LogP contribution in [0.15, 0.2) is 35.6 Å². The first-order chi connectivity index (χ1) is 14.0. The molecule has 0 spiro atoms. The van der Waals surface area contributed by atoms with Crippen molar-refractivity contribution in [1.82, 2.24) is 24.5 Å². The van der Waals surface area contributed by atoms with Crippen molar-refractivity contribution in [2.45, 2.75) is 18.6 Å². The van der Waals surface area contributed by atoms with E-state index < -0.39 is 0 Å². The van der Waals surface area contributed by atoms with Crippen molar-refractivity contribution >= 4 is 23.4 Å². The molecule has 1 N–H and O–H groups in total. The number of aryl methyl sites for hydroxylation is 2. The summed E-state index contributed by atoms with van der Waals surface area (Å²) in [4.78, 5) is 12.4. The summed E-state index contributed by atoms with van der Waals surface area (Å²) in [6.45, 7) is 3.01. The Morgan fingerprint density at radius 1 is 1.28 bits per heavy atom. The molecule has 2 heterocycles. The fourth-order valence-electron chi connectivity index (χ4n) is 2.80. The Balaban J connectivity index is 1.76. The molecule has 0 bridgehead atoms. The Morgan fingerprint density at radius 3 is 2.83 bits per heavy atom. The van der Waals surface area contributed by atoms with E-state index in [1.807, 2.05) is 49.0 Å². The molecule has 10 heteroatoms. The number of nitrogens with zero attached hydrogens (tertiary/aromatic N) is 5. The minimum absolute atomic E-state index is 0.109. The molecule has 0 fully saturated rings. The molecule has 0 aliphatic heterocycles. The summed E-state index contributed by atoms with van der Waals surface area (Å²) >= 11 is 1.32. The highest BCUT2D eigenvalue weighted by Gasteiger charge is 2.20. The molecule has 1 aromatic carbocycles. The molecule has 0 unspecified atom stereocenters. The van der Waals surface area contributed by atoms with Gasteiger partial charge in [0.25, 0.3) is 0 Å². The van der Waals surface area contributed by atoms with Gasteiger partial charge in [-0.1, -0.05) is 23.9 Å². The Hall–Kier alpha value is -2.85. The van der Waals surface area contributed by atoms with Crippen molar-refractivity contribution in [2.75, 3.05) is 31.9 Å². The largest absolute Gasteiger partial charge is 0.479 e. The number of carbonyl (C=O) groups excluding carboxylic acids is 1. The highest BCUT2D eigenvalue weighted by Crippen LogP contribution is 2.30. The highest BCUT2D eigenvalue weighted by molar-refractivity contribution is 7.99. The number of hydrogen-bond donors (Lipinski definition) is 1. The second-order valence-electron chi connectivity index (χ2n) is 6.38. The Kier molecular flexibility index (Phi) is 6.89. The van der Waals surface area contributed by atoms with Crippen LogP contribution in [0.3, 0.4) is 0 Å². The molecule has 3 rings (SSSR count). The molecule has 9 nitrogen and oxygen atoms in total. The molecule has 0 saturated carbocycles. The van der Waals surface area contributed by atoms with Gasteiger partial charge in [-0.3, -0.25) is 14.0 Å². The molecule has 2 aromatic heterocycles. The Morgan fingerprint density at radius 2 is 2.10 bits per heavy atom. The molecule has 0 radical (unpaired) electrons. The molecule has 0 aliphatic carbocycles. The lowest BCUT2D eigenvalue weighted by molar-refractivity contribution is -0.113. The van der Waals surface area contributed by atoms with Crippen LogP contribution in [-0.2, 0) is 23.1 Å². The van der Waals surface area contributed by atoms with Crippen LogP contribution in [0.5, 0.6) is 5.88 Å². The standard InChI is InChI=1S/C19H24N6O3S/c1-13-6-5-7-14(10-13)20-16(26)12-29-19-22-21-17(25(19)8-9-27-3)15-11-24(2)23-18(15)28-4/h5-7,10-11H,8-9,12H2,1-4H3,(H,20,26). The van der Waals surface area contributed by atoms with Crippen molar-refractivity contribution < 1.29 is 14.3 Å². The van der Waals surface area contributed by atoms with Gasteiger partial charge in [0, 0.05) is 26.0 Å². The molecular weight excluding hydrogens is 392 g/mol. The van der Waals surface area contributed by atoms with E-state index in [1.165, 1.54) is 11.8 Å². The number of thioether (sulfide) groups is 1. The second-order valence-corrected chi connectivity index (χ2v) is 7.33. The van der Waals surface area contributed by atoms with Gasteiger partial charge in [-0.2, -0.15) is 0 Å². The number of benzene rings is 1. The van der Waals surface area contributed by atoms with Crippen LogP contribution in [0.4, 0.5) is 5.69 Å². The lowest BCUT2D eigenvalue weighted by Crippen LogP contribution is -2.15. The zero-order chi connectivity index (χ0) is 20.8. The summed E-state index contributed by atoms with van der Waals surface area (Å²) in [7, 11) is 5.01. The van der Waals surface area contributed by atoms with Gasteiger partial charge in [0.05, 0.1) is 26.0 Å². The molecular formula is C19H24N6O3S. The van der Waals surface area contributed by atoms with Crippen molar-refractivity contribution in [1.29, 1.82) is 0 Å². The third kappa shape index (κ3) is 5.15. The third-order valence-corrected chi connectivity index (χ3v) is 5.07. The number of rotatable bonds is 9. The number of amides is 1. The van der Waals surface area contributed by atoms with E-state index >= 15 is 0 Å². The molecule has 0 aliphatic rings. The summed E-state index contributed by atoms with van der Waals surface area (Å²) in [5.41, 5.74) is 2.59. The van der Waals surface area contributed by atoms with E-state index in [0.717, 1.165) is 16.8 Å². The van der Waals surface area contributed by atoms with Crippen LogP contribution < -0.4 is 10.1 Å². The lowest BCUT2D eigenvalue weighted by atomic mass is 10.2. The van der Waals surface area contributed by atoms with Gasteiger partial charge in [-0.25, -0.2) is 0 Å². The van der Waals surface area contributed by atoms with Crippen molar-refractivity contribution in [3.8, 4) is 17.3 Å². The van der Waals surface area contributed by atoms with E-state index in [2.05, 4.69) is 20.6 Å². The summed E-state index contributed by atoms with van der Waals surface area (Å²) in [6.07, 6.45) is 1.82. The first-order valence-electron chi connectivity index (χ1n) is 9.01. The number of carbonyl (C=O) groups is 1. The number of nitrogens with one attached hydrogen (secondary N) is 1. The SMILES string of the molecule is COCCn1c(SCC(=O)Nc2cccc(C)c2)nnc1-c1cn(C)nc1OC. The van der Waals surface area contributed by atoms with Crippen molar-refractivity contribution in [3.05, 3.63) is 36.0 Å². The van der Waals surface area contributed by atoms with Gasteiger partial charge < -0.3 is 14.8 Å². The van der Waals surface area contributed by atoms with E-state index in [0.29, 0.717) is 30.0 Å². The highest BCUT2D eigenvalue weighted by atomic mass is 32.2. The predicted octanol–water partition coefficient (Wildman–Crippen LogP) is 2.37.